The lowest BCUT2D eigenvalue weighted by Crippen LogP contribution is -2.46. The van der Waals surface area contributed by atoms with E-state index in [9.17, 15) is 47.9 Å². The lowest BCUT2D eigenvalue weighted by Gasteiger charge is -2.38. The van der Waals surface area contributed by atoms with Crippen LogP contribution in [0.15, 0.2) is 139 Å². The molecule has 8 N–H and O–H groups in total. The fourth-order valence-corrected chi connectivity index (χ4v) is 9.94. The molecule has 6 aromatic heterocycles. The first-order valence-corrected chi connectivity index (χ1v) is 33.0. The number of carbonyl (C=O) groups is 10. The summed E-state index contributed by atoms with van der Waals surface area (Å²) in [4.78, 5) is 141. The Morgan fingerprint density at radius 3 is 1.76 bits per heavy atom. The fraction of sp³-hybridized carbons (Fsp3) is 0.437. The molecule has 3 fully saturated rings. The summed E-state index contributed by atoms with van der Waals surface area (Å²) in [5, 5.41) is 17.1. The van der Waals surface area contributed by atoms with E-state index in [1.807, 2.05) is 77.3 Å². The first-order chi connectivity index (χ1) is 46.3. The highest BCUT2D eigenvalue weighted by Crippen LogP contribution is 2.33. The van der Waals surface area contributed by atoms with Crippen molar-refractivity contribution in [2.45, 2.75) is 150 Å². The SMILES string of the molecule is Brc1cccnc1.CC(CCC(=O)c1cccnc1)CNC(=O)OC(C)(C)C.CC1CCC(=O)N(C(=O)OC(C)(C)C)C1.CC1CCC(c2cccnc2)NC1.C[C@@H]1CC[C@@H](c2cccnc2)N(C(=O)C(=O)Nc2cncc(C(N)=O)c2)C1.NC(=O)c1cncc(CC(=O)C(=O)O)c1. The van der Waals surface area contributed by atoms with Crippen LogP contribution in [0.4, 0.5) is 15.3 Å². The summed E-state index contributed by atoms with van der Waals surface area (Å²) in [5.41, 5.74) is 12.9. The Bertz CT molecular complexity index is 3560. The number of carboxylic acids is 1. The Morgan fingerprint density at radius 2 is 1.22 bits per heavy atom. The number of aliphatic carboxylic acids is 1. The predicted octanol–water partition coefficient (Wildman–Crippen LogP) is 10.3. The predicted molar refractivity (Wildman–Crippen MR) is 370 cm³/mol. The van der Waals surface area contributed by atoms with Crippen molar-refractivity contribution < 1.29 is 62.5 Å². The van der Waals surface area contributed by atoms with E-state index in [1.165, 1.54) is 60.2 Å². The molecule has 0 radical (unpaired) electrons. The van der Waals surface area contributed by atoms with Gasteiger partial charge < -0.3 is 46.9 Å². The number of nitrogens with one attached hydrogen (secondary N) is 3. The van der Waals surface area contributed by atoms with E-state index in [1.54, 1.807) is 75.0 Å². The van der Waals surface area contributed by atoms with Crippen molar-refractivity contribution in [3.8, 4) is 0 Å². The largest absolute Gasteiger partial charge is 0.475 e. The molecule has 6 atom stereocenters. The molecule has 3 aliphatic heterocycles. The summed E-state index contributed by atoms with van der Waals surface area (Å²) < 4.78 is 11.3. The molecule has 26 nitrogen and oxygen atoms in total. The third kappa shape index (κ3) is 31.0. The molecule has 27 heteroatoms. The first kappa shape index (κ1) is 80.7. The molecule has 526 valence electrons. The van der Waals surface area contributed by atoms with E-state index in [-0.39, 0.29) is 46.9 Å². The maximum Gasteiger partial charge on any atom is 0.417 e. The van der Waals surface area contributed by atoms with E-state index in [0.29, 0.717) is 67.9 Å². The minimum Gasteiger partial charge on any atom is -0.475 e. The van der Waals surface area contributed by atoms with Crippen LogP contribution < -0.4 is 27.4 Å². The van der Waals surface area contributed by atoms with Gasteiger partial charge in [-0.15, -0.1) is 0 Å². The van der Waals surface area contributed by atoms with E-state index < -0.39 is 58.8 Å². The van der Waals surface area contributed by atoms with Gasteiger partial charge in [-0.2, -0.15) is 0 Å². The van der Waals surface area contributed by atoms with Crippen LogP contribution in [-0.4, -0.2) is 141 Å². The van der Waals surface area contributed by atoms with Crippen LogP contribution in [0.1, 0.15) is 180 Å². The first-order valence-electron chi connectivity index (χ1n) is 32.2. The number of hydrogen-bond donors (Lipinski definition) is 6. The van der Waals surface area contributed by atoms with E-state index in [0.717, 1.165) is 41.8 Å². The topological polar surface area (TPSA) is 381 Å². The highest BCUT2D eigenvalue weighted by Gasteiger charge is 2.35. The number of Topliss-reactive ketones (excluding diaryl/α,β-unsaturated/α-hetero) is 2. The highest BCUT2D eigenvalue weighted by atomic mass is 79.9. The molecule has 0 spiro atoms. The minimum atomic E-state index is -1.51. The standard InChI is InChI=1S/C19H21N5O3.C16H24N2O3.C11H16N2.C11H19NO3.C9H8N2O4.C5H4BrN/c1-12-4-5-16(13-3-2-6-21-8-13)24(11-12)19(27)18(26)23-15-7-14(17(20)25)9-22-10-15;1-12(10-18-15(20)21-16(2,3)4)7-8-14(19)13-6-5-9-17-11-13;1-9-4-5-11(13-7-9)10-3-2-6-12-8-10;1-8-5-6-9(13)12(7-8)10(14)15-11(2,3)4;10-8(13)6-1-5(3-11-4-6)2-7(12)9(14)15;6-5-2-1-3-7-4-5/h2-3,6-10,12,16H,4-5,11H2,1H3,(H2,20,25)(H,23,26);5-6,9,11-12H,7-8,10H2,1-4H3,(H,18,20);2-3,6,8-9,11,13H,4-5,7H2,1H3;8H,5-7H2,1-4H3;1,3-4H,2H2,(H2,10,13)(H,14,15);1-4H/t12-,16+;;;;;/m1...../s1. The number of hydrogen-bond acceptors (Lipinski definition) is 19. The number of nitrogens with two attached hydrogens (primary N) is 2. The van der Waals surface area contributed by atoms with Gasteiger partial charge in [0, 0.05) is 123 Å². The zero-order chi connectivity index (χ0) is 72.5. The monoisotopic (exact) mass is 1410 g/mol. The van der Waals surface area contributed by atoms with Gasteiger partial charge in [-0.25, -0.2) is 19.3 Å². The van der Waals surface area contributed by atoms with Gasteiger partial charge in [0.2, 0.25) is 23.5 Å². The number of nitrogens with zero attached hydrogens (tertiary/aromatic N) is 8. The summed E-state index contributed by atoms with van der Waals surface area (Å²) in [6.07, 6.45) is 24.6. The van der Waals surface area contributed by atoms with Crippen molar-refractivity contribution >= 4 is 80.9 Å². The Balaban J connectivity index is 0.000000259. The summed E-state index contributed by atoms with van der Waals surface area (Å²) in [5.74, 6) is -3.55. The number of alkyl carbamates (subject to hydrolysis) is 1. The molecule has 98 heavy (non-hydrogen) atoms. The van der Waals surface area contributed by atoms with Crippen molar-refractivity contribution in [1.82, 2.24) is 50.3 Å². The number of anilines is 1. The average Bonchev–Trinajstić information content (AvgIpc) is 0.815. The van der Waals surface area contributed by atoms with Gasteiger partial charge in [0.05, 0.1) is 29.1 Å². The normalized spacial score (nSPS) is 17.4. The molecule has 0 aromatic carbocycles. The number of piperidine rings is 3. The average molecular weight is 1420 g/mol. The summed E-state index contributed by atoms with van der Waals surface area (Å²) in [7, 11) is 0. The van der Waals surface area contributed by atoms with Crippen molar-refractivity contribution in [1.29, 1.82) is 0 Å². The number of carbonyl (C=O) groups excluding carboxylic acids is 9. The highest BCUT2D eigenvalue weighted by molar-refractivity contribution is 9.10. The van der Waals surface area contributed by atoms with Gasteiger partial charge >= 0.3 is 30.0 Å². The number of primary amides is 2. The lowest BCUT2D eigenvalue weighted by atomic mass is 9.90. The van der Waals surface area contributed by atoms with E-state index in [4.69, 9.17) is 26.0 Å². The third-order valence-corrected chi connectivity index (χ3v) is 15.2. The summed E-state index contributed by atoms with van der Waals surface area (Å²) in [6.45, 7) is 21.8. The molecule has 0 saturated carbocycles. The van der Waals surface area contributed by atoms with Crippen LogP contribution in [0.2, 0.25) is 0 Å². The number of rotatable bonds is 14. The quantitative estimate of drug-likeness (QED) is 0.0436. The van der Waals surface area contributed by atoms with Crippen LogP contribution >= 0.6 is 15.9 Å². The van der Waals surface area contributed by atoms with Gasteiger partial charge in [0.25, 0.3) is 0 Å². The molecule has 9 heterocycles. The zero-order valence-electron chi connectivity index (χ0n) is 57.3. The second-order valence-corrected chi connectivity index (χ2v) is 26.9. The Labute approximate surface area is 580 Å². The molecule has 4 unspecified atom stereocenters. The second kappa shape index (κ2) is 40.7. The van der Waals surface area contributed by atoms with Crippen LogP contribution in [0, 0.1) is 23.7 Å². The van der Waals surface area contributed by atoms with E-state index in [2.05, 4.69) is 81.7 Å². The van der Waals surface area contributed by atoms with E-state index >= 15 is 0 Å². The molecule has 3 aliphatic rings. The summed E-state index contributed by atoms with van der Waals surface area (Å²) in [6, 6.07) is 18.3. The molecule has 6 aromatic rings. The number of imide groups is 1. The molecule has 9 rings (SSSR count). The molecule has 0 bridgehead atoms. The lowest BCUT2D eigenvalue weighted by molar-refractivity contribution is -0.148. The number of aromatic nitrogens is 6. The van der Waals surface area contributed by atoms with Gasteiger partial charge in [0.15, 0.2) is 5.78 Å². The van der Waals surface area contributed by atoms with Crippen molar-refractivity contribution in [3.05, 3.63) is 173 Å². The van der Waals surface area contributed by atoms with Crippen LogP contribution in [0.3, 0.4) is 0 Å². The maximum absolute atomic E-state index is 12.8. The number of amides is 7. The number of pyridine rings is 6. The van der Waals surface area contributed by atoms with Gasteiger partial charge in [-0.1, -0.05) is 39.8 Å². The maximum atomic E-state index is 12.8. The Morgan fingerprint density at radius 1 is 0.663 bits per heavy atom. The van der Waals surface area contributed by atoms with Crippen molar-refractivity contribution in [3.63, 3.8) is 0 Å². The van der Waals surface area contributed by atoms with Gasteiger partial charge in [-0.3, -0.25) is 63.5 Å². The number of ether oxygens (including phenoxy) is 2. The fourth-order valence-electron chi connectivity index (χ4n) is 9.67. The van der Waals surface area contributed by atoms with Crippen LogP contribution in [0.25, 0.3) is 0 Å². The minimum absolute atomic E-state index is 0.0761. The Hall–Kier alpha value is -9.76. The molecule has 7 amide bonds. The number of halogens is 1. The zero-order valence-corrected chi connectivity index (χ0v) is 58.9. The number of likely N-dealkylation sites (tertiary alicyclic amines) is 2. The number of carboxylic acid groups (broad SMARTS) is 1. The van der Waals surface area contributed by atoms with Crippen LogP contribution in [-0.2, 0) is 39.9 Å². The molecule has 0 aliphatic carbocycles. The van der Waals surface area contributed by atoms with Crippen LogP contribution in [0.5, 0.6) is 0 Å². The summed E-state index contributed by atoms with van der Waals surface area (Å²) >= 11 is 3.25. The van der Waals surface area contributed by atoms with Gasteiger partial charge in [0.1, 0.15) is 11.2 Å². The Kier molecular flexibility index (Phi) is 33.5. The third-order valence-electron chi connectivity index (χ3n) is 14.8. The second-order valence-electron chi connectivity index (χ2n) is 26.0. The van der Waals surface area contributed by atoms with Crippen molar-refractivity contribution in [2.75, 3.05) is 31.5 Å². The molecule has 3 saturated heterocycles. The van der Waals surface area contributed by atoms with Crippen molar-refractivity contribution in [2.24, 2.45) is 35.1 Å². The smallest absolute Gasteiger partial charge is 0.417 e. The molecular weight excluding hydrogens is 1320 g/mol. The number of ketones is 2. The molecular formula is C71H92BrN13O13. The van der Waals surface area contributed by atoms with Gasteiger partial charge in [-0.05, 0) is 191 Å².